The van der Waals surface area contributed by atoms with Crippen LogP contribution in [0.25, 0.3) is 0 Å². The normalized spacial score (nSPS) is 10.2. The molecule has 19 heavy (non-hydrogen) atoms. The molecule has 0 amide bonds. The van der Waals surface area contributed by atoms with Gasteiger partial charge in [0.15, 0.2) is 0 Å². The monoisotopic (exact) mass is 258 g/mol. The van der Waals surface area contributed by atoms with Crippen molar-refractivity contribution < 1.29 is 14.6 Å². The van der Waals surface area contributed by atoms with E-state index in [2.05, 4.69) is 0 Å². The van der Waals surface area contributed by atoms with Gasteiger partial charge in [-0.25, -0.2) is 0 Å². The lowest BCUT2D eigenvalue weighted by molar-refractivity contribution is 0.214. The summed E-state index contributed by atoms with van der Waals surface area (Å²) >= 11 is 0. The van der Waals surface area contributed by atoms with Crippen LogP contribution in [0, 0.1) is 0 Å². The van der Waals surface area contributed by atoms with Crippen LogP contribution in [-0.4, -0.2) is 24.9 Å². The van der Waals surface area contributed by atoms with E-state index in [1.807, 2.05) is 54.6 Å². The Morgan fingerprint density at radius 3 is 2.26 bits per heavy atom. The molecule has 0 aliphatic carbocycles. The summed E-state index contributed by atoms with van der Waals surface area (Å²) in [6, 6.07) is 17.4. The molecule has 3 heteroatoms. The summed E-state index contributed by atoms with van der Waals surface area (Å²) in [6.07, 6.45) is 0.607. The van der Waals surface area contributed by atoms with E-state index in [4.69, 9.17) is 14.6 Å². The molecule has 1 N–H and O–H groups in total. The van der Waals surface area contributed by atoms with E-state index in [-0.39, 0.29) is 6.61 Å². The molecule has 0 unspecified atom stereocenters. The second kappa shape index (κ2) is 7.44. The van der Waals surface area contributed by atoms with Gasteiger partial charge in [0.1, 0.15) is 24.7 Å². The summed E-state index contributed by atoms with van der Waals surface area (Å²) in [6.45, 7) is 1.11. The van der Waals surface area contributed by atoms with Gasteiger partial charge in [0, 0.05) is 6.61 Å². The Morgan fingerprint density at radius 1 is 0.789 bits per heavy atom. The molecule has 0 saturated carbocycles. The van der Waals surface area contributed by atoms with E-state index < -0.39 is 0 Å². The van der Waals surface area contributed by atoms with Crippen molar-refractivity contribution >= 4 is 0 Å². The van der Waals surface area contributed by atoms with Gasteiger partial charge in [0.05, 0.1) is 0 Å². The molecule has 0 aliphatic heterocycles. The van der Waals surface area contributed by atoms with Crippen LogP contribution in [-0.2, 0) is 6.42 Å². The second-order valence-corrected chi connectivity index (χ2v) is 4.09. The maximum Gasteiger partial charge on any atom is 0.122 e. The van der Waals surface area contributed by atoms with Crippen molar-refractivity contribution in [1.29, 1.82) is 0 Å². The van der Waals surface area contributed by atoms with Crippen molar-refractivity contribution in [3.05, 3.63) is 60.2 Å². The first kappa shape index (κ1) is 13.4. The zero-order valence-corrected chi connectivity index (χ0v) is 10.8. The summed E-state index contributed by atoms with van der Waals surface area (Å²) in [5, 5.41) is 8.98. The average Bonchev–Trinajstić information content (AvgIpc) is 2.47. The smallest absolute Gasteiger partial charge is 0.122 e. The highest BCUT2D eigenvalue weighted by atomic mass is 16.5. The van der Waals surface area contributed by atoms with E-state index in [1.54, 1.807) is 0 Å². The number of rotatable bonds is 7. The highest BCUT2D eigenvalue weighted by Gasteiger charge is 2.02. The van der Waals surface area contributed by atoms with Gasteiger partial charge in [0.25, 0.3) is 0 Å². The lowest BCUT2D eigenvalue weighted by Crippen LogP contribution is -2.10. The first-order valence-corrected chi connectivity index (χ1v) is 6.39. The van der Waals surface area contributed by atoms with E-state index in [1.165, 1.54) is 0 Å². The molecule has 2 aromatic rings. The number of para-hydroxylation sites is 2. The molecule has 100 valence electrons. The number of aliphatic hydroxyl groups is 1. The minimum atomic E-state index is 0.126. The summed E-state index contributed by atoms with van der Waals surface area (Å²) in [5.41, 5.74) is 1.02. The zero-order chi connectivity index (χ0) is 13.3. The van der Waals surface area contributed by atoms with Crippen LogP contribution in [0.4, 0.5) is 0 Å². The molecule has 2 aromatic carbocycles. The van der Waals surface area contributed by atoms with Gasteiger partial charge >= 0.3 is 0 Å². The molecule has 0 aliphatic rings. The fourth-order valence-electron chi connectivity index (χ4n) is 1.80. The maximum atomic E-state index is 8.98. The predicted octanol–water partition coefficient (Wildman–Crippen LogP) is 2.68. The molecule has 0 spiro atoms. The van der Waals surface area contributed by atoms with Crippen LogP contribution in [0.5, 0.6) is 11.5 Å². The topological polar surface area (TPSA) is 38.7 Å². The fraction of sp³-hybridized carbons (Fsp3) is 0.250. The highest BCUT2D eigenvalue weighted by molar-refractivity contribution is 5.33. The number of benzene rings is 2. The first-order valence-electron chi connectivity index (χ1n) is 6.39. The van der Waals surface area contributed by atoms with Crippen molar-refractivity contribution in [3.8, 4) is 11.5 Å². The molecular formula is C16H18O3. The molecule has 0 atom stereocenters. The predicted molar refractivity (Wildman–Crippen MR) is 74.7 cm³/mol. The SMILES string of the molecule is OCCc1ccccc1OCCOc1ccccc1. The lowest BCUT2D eigenvalue weighted by Gasteiger charge is -2.11. The number of ether oxygens (including phenoxy) is 2. The molecule has 0 radical (unpaired) electrons. The van der Waals surface area contributed by atoms with Crippen molar-refractivity contribution in [2.45, 2.75) is 6.42 Å². The van der Waals surface area contributed by atoms with E-state index >= 15 is 0 Å². The van der Waals surface area contributed by atoms with Gasteiger partial charge in [-0.1, -0.05) is 36.4 Å². The van der Waals surface area contributed by atoms with Crippen molar-refractivity contribution in [2.24, 2.45) is 0 Å². The van der Waals surface area contributed by atoms with Crippen molar-refractivity contribution in [3.63, 3.8) is 0 Å². The van der Waals surface area contributed by atoms with Gasteiger partial charge in [0.2, 0.25) is 0 Å². The van der Waals surface area contributed by atoms with Crippen LogP contribution in [0.2, 0.25) is 0 Å². The summed E-state index contributed by atoms with van der Waals surface area (Å²) in [7, 11) is 0. The van der Waals surface area contributed by atoms with Gasteiger partial charge in [-0.3, -0.25) is 0 Å². The number of hydrogen-bond donors (Lipinski definition) is 1. The van der Waals surface area contributed by atoms with Crippen molar-refractivity contribution in [1.82, 2.24) is 0 Å². The number of hydrogen-bond acceptors (Lipinski definition) is 3. The zero-order valence-electron chi connectivity index (χ0n) is 10.8. The Kier molecular flexibility index (Phi) is 5.26. The van der Waals surface area contributed by atoms with E-state index in [9.17, 15) is 0 Å². The third kappa shape index (κ3) is 4.30. The Balaban J connectivity index is 1.79. The van der Waals surface area contributed by atoms with Crippen molar-refractivity contribution in [2.75, 3.05) is 19.8 Å². The Labute approximate surface area is 113 Å². The van der Waals surface area contributed by atoms with Gasteiger partial charge in [-0.05, 0) is 30.2 Å². The molecule has 3 nitrogen and oxygen atoms in total. The molecule has 0 bridgehead atoms. The summed E-state index contributed by atoms with van der Waals surface area (Å²) < 4.78 is 11.2. The molecule has 0 heterocycles. The van der Waals surface area contributed by atoms with Gasteiger partial charge < -0.3 is 14.6 Å². The largest absolute Gasteiger partial charge is 0.490 e. The number of aliphatic hydroxyl groups excluding tert-OH is 1. The third-order valence-electron chi connectivity index (χ3n) is 2.71. The molecule has 0 aromatic heterocycles. The van der Waals surface area contributed by atoms with Crippen LogP contribution in [0.15, 0.2) is 54.6 Å². The third-order valence-corrected chi connectivity index (χ3v) is 2.71. The average molecular weight is 258 g/mol. The maximum absolute atomic E-state index is 8.98. The lowest BCUT2D eigenvalue weighted by atomic mass is 10.1. The first-order chi connectivity index (χ1) is 9.40. The summed E-state index contributed by atoms with van der Waals surface area (Å²) in [4.78, 5) is 0. The van der Waals surface area contributed by atoms with Gasteiger partial charge in [-0.15, -0.1) is 0 Å². The summed E-state index contributed by atoms with van der Waals surface area (Å²) in [5.74, 6) is 1.66. The van der Waals surface area contributed by atoms with Gasteiger partial charge in [-0.2, -0.15) is 0 Å². The molecule has 0 fully saturated rings. The Morgan fingerprint density at radius 2 is 1.47 bits per heavy atom. The van der Waals surface area contributed by atoms with Crippen LogP contribution < -0.4 is 9.47 Å². The van der Waals surface area contributed by atoms with E-state index in [0.717, 1.165) is 17.1 Å². The standard InChI is InChI=1S/C16H18O3/c17-11-10-14-6-4-5-9-16(14)19-13-12-18-15-7-2-1-3-8-15/h1-9,17H,10-13H2. The van der Waals surface area contributed by atoms with E-state index in [0.29, 0.717) is 19.6 Å². The molecule has 2 rings (SSSR count). The van der Waals surface area contributed by atoms with Crippen LogP contribution >= 0.6 is 0 Å². The Hall–Kier alpha value is -2.00. The quantitative estimate of drug-likeness (QED) is 0.776. The highest BCUT2D eigenvalue weighted by Crippen LogP contribution is 2.18. The minimum absolute atomic E-state index is 0.126. The Bertz CT molecular complexity index is 482. The van der Waals surface area contributed by atoms with Crippen LogP contribution in [0.3, 0.4) is 0 Å². The second-order valence-electron chi connectivity index (χ2n) is 4.09. The minimum Gasteiger partial charge on any atom is -0.490 e. The van der Waals surface area contributed by atoms with Crippen LogP contribution in [0.1, 0.15) is 5.56 Å². The molecule has 0 saturated heterocycles. The fourth-order valence-corrected chi connectivity index (χ4v) is 1.80. The molecular weight excluding hydrogens is 240 g/mol.